The van der Waals surface area contributed by atoms with Crippen LogP contribution in [0.2, 0.25) is 0 Å². The van der Waals surface area contributed by atoms with E-state index < -0.39 is 54.5 Å². The van der Waals surface area contributed by atoms with E-state index >= 15 is 0 Å². The summed E-state index contributed by atoms with van der Waals surface area (Å²) >= 11 is 1.42. The van der Waals surface area contributed by atoms with Gasteiger partial charge < -0.3 is 39.3 Å². The molecule has 18 heteroatoms. The van der Waals surface area contributed by atoms with Crippen LogP contribution in [0.25, 0.3) is 10.1 Å². The topological polar surface area (TPSA) is 219 Å². The van der Waals surface area contributed by atoms with Crippen molar-refractivity contribution in [2.75, 3.05) is 13.7 Å². The minimum atomic E-state index is -5.68. The van der Waals surface area contributed by atoms with E-state index in [2.05, 4.69) is 13.1 Å². The van der Waals surface area contributed by atoms with Gasteiger partial charge in [-0.25, -0.2) is 13.7 Å². The van der Waals surface area contributed by atoms with Crippen molar-refractivity contribution in [3.05, 3.63) is 29.1 Å². The van der Waals surface area contributed by atoms with E-state index in [0.29, 0.717) is 11.3 Å². The normalized spacial score (nSPS) is 27.8. The number of aliphatic hydroxyl groups is 2. The molecule has 1 saturated heterocycles. The molecule has 1 aromatic carbocycles. The molecule has 2 aromatic rings. The molecule has 0 aliphatic carbocycles. The highest BCUT2D eigenvalue weighted by atomic mass is 32.1. The van der Waals surface area contributed by atoms with Gasteiger partial charge in [0.05, 0.1) is 13.7 Å². The van der Waals surface area contributed by atoms with Crippen molar-refractivity contribution in [3.8, 4) is 5.75 Å². The van der Waals surface area contributed by atoms with Crippen LogP contribution in [-0.4, -0.2) is 61.8 Å². The summed E-state index contributed by atoms with van der Waals surface area (Å²) in [5.41, 5.74) is 0.398. The Bertz CT molecular complexity index is 1110. The lowest BCUT2D eigenvalue weighted by Crippen LogP contribution is -2.33. The van der Waals surface area contributed by atoms with Gasteiger partial charge in [-0.2, -0.15) is 8.62 Å². The first-order valence-electron chi connectivity index (χ1n) is 8.56. The van der Waals surface area contributed by atoms with E-state index in [-0.39, 0.29) is 0 Å². The van der Waals surface area contributed by atoms with Crippen molar-refractivity contribution in [1.82, 2.24) is 0 Å². The zero-order chi connectivity index (χ0) is 23.9. The smallest absolute Gasteiger partial charge is 0.490 e. The molecule has 4 unspecified atom stereocenters. The molecule has 0 saturated carbocycles. The molecule has 3 rings (SSSR count). The van der Waals surface area contributed by atoms with Gasteiger partial charge in [-0.3, -0.25) is 4.52 Å². The average Bonchev–Trinajstić information content (AvgIpc) is 3.20. The Kier molecular flexibility index (Phi) is 7.68. The molecule has 1 fully saturated rings. The molecule has 1 aromatic heterocycles. The second-order valence-electron chi connectivity index (χ2n) is 6.52. The fraction of sp³-hybridized carbons (Fsp3) is 0.429. The minimum absolute atomic E-state index is 0.362. The number of phosphoric ester groups is 1. The summed E-state index contributed by atoms with van der Waals surface area (Å²) < 4.78 is 57.3. The third-order valence-corrected chi connectivity index (χ3v) is 8.97. The van der Waals surface area contributed by atoms with E-state index in [1.54, 1.807) is 12.1 Å². The van der Waals surface area contributed by atoms with Crippen LogP contribution in [0, 0.1) is 0 Å². The van der Waals surface area contributed by atoms with Crippen molar-refractivity contribution in [2.45, 2.75) is 24.4 Å². The zero-order valence-electron chi connectivity index (χ0n) is 16.0. The quantitative estimate of drug-likeness (QED) is 0.250. The summed E-state index contributed by atoms with van der Waals surface area (Å²) in [6.07, 6.45) is -5.59. The number of methoxy groups -OCH3 is 1. The minimum Gasteiger partial charge on any atom is -0.496 e. The fourth-order valence-electron chi connectivity index (χ4n) is 3.02. The van der Waals surface area contributed by atoms with Crippen LogP contribution in [-0.2, 0) is 31.6 Å². The standard InChI is InChI=1S/C14H19O14P3S/c1-24-9-4-7-2-3-32-11(7)5-8(9)14-13(16)12(15)10(26-14)6-25-30(20,21)28-31(22,23)27-29(17,18)19/h2-5,10,12-16H,6H2,1H3,(H,20,21)(H,22,23)(H2,17,18,19)/t10-,12?,13?,14+/m1/s1. The van der Waals surface area contributed by atoms with Crippen LogP contribution in [0.3, 0.4) is 0 Å². The van der Waals surface area contributed by atoms with Crippen molar-refractivity contribution < 1.29 is 66.1 Å². The molecule has 1 aliphatic rings. The molecular formula is C14H19O14P3S. The van der Waals surface area contributed by atoms with Crippen LogP contribution in [0.1, 0.15) is 11.7 Å². The Morgan fingerprint density at radius 2 is 1.72 bits per heavy atom. The van der Waals surface area contributed by atoms with E-state index in [9.17, 15) is 28.8 Å². The predicted octanol–water partition coefficient (Wildman–Crippen LogP) is 1.41. The number of phosphoric acid groups is 3. The van der Waals surface area contributed by atoms with Crippen molar-refractivity contribution in [2.24, 2.45) is 0 Å². The summed E-state index contributed by atoms with van der Waals surface area (Å²) in [6.45, 7) is -0.901. The number of hydrogen-bond donors (Lipinski definition) is 6. The molecule has 0 amide bonds. The van der Waals surface area contributed by atoms with Gasteiger partial charge in [-0.1, -0.05) is 0 Å². The van der Waals surface area contributed by atoms with Crippen molar-refractivity contribution in [3.63, 3.8) is 0 Å². The van der Waals surface area contributed by atoms with Gasteiger partial charge in [-0.15, -0.1) is 11.3 Å². The zero-order valence-corrected chi connectivity index (χ0v) is 19.5. The summed E-state index contributed by atoms with van der Waals surface area (Å²) in [7, 11) is -15.2. The van der Waals surface area contributed by atoms with Crippen LogP contribution >= 0.6 is 34.8 Å². The van der Waals surface area contributed by atoms with Gasteiger partial charge in [0.25, 0.3) is 0 Å². The molecule has 0 spiro atoms. The number of hydrogen-bond acceptors (Lipinski definition) is 11. The Morgan fingerprint density at radius 3 is 2.34 bits per heavy atom. The van der Waals surface area contributed by atoms with Crippen molar-refractivity contribution >= 4 is 44.9 Å². The van der Waals surface area contributed by atoms with Gasteiger partial charge in [0.2, 0.25) is 0 Å². The van der Waals surface area contributed by atoms with Crippen LogP contribution in [0.5, 0.6) is 5.75 Å². The second-order valence-corrected chi connectivity index (χ2v) is 11.9. The maximum atomic E-state index is 11.9. The molecule has 32 heavy (non-hydrogen) atoms. The van der Waals surface area contributed by atoms with Crippen molar-refractivity contribution in [1.29, 1.82) is 0 Å². The van der Waals surface area contributed by atoms with Gasteiger partial charge in [-0.05, 0) is 29.0 Å². The summed E-state index contributed by atoms with van der Waals surface area (Å²) in [6, 6.07) is 5.27. The average molecular weight is 536 g/mol. The molecule has 1 aliphatic heterocycles. The van der Waals surface area contributed by atoms with Crippen LogP contribution < -0.4 is 4.74 Å². The molecule has 2 heterocycles. The summed E-state index contributed by atoms with van der Waals surface area (Å²) in [5, 5.41) is 23.4. The lowest BCUT2D eigenvalue weighted by Gasteiger charge is -2.19. The number of aliphatic hydroxyl groups excluding tert-OH is 2. The molecule has 14 nitrogen and oxygen atoms in total. The van der Waals surface area contributed by atoms with Gasteiger partial charge in [0, 0.05) is 10.3 Å². The number of ether oxygens (including phenoxy) is 2. The maximum absolute atomic E-state index is 11.9. The Balaban J connectivity index is 1.71. The fourth-order valence-corrected chi connectivity index (χ4v) is 6.87. The number of thiophene rings is 1. The van der Waals surface area contributed by atoms with Gasteiger partial charge >= 0.3 is 23.5 Å². The molecular weight excluding hydrogens is 517 g/mol. The third kappa shape index (κ3) is 6.23. The largest absolute Gasteiger partial charge is 0.496 e. The first-order chi connectivity index (χ1) is 14.7. The number of fused-ring (bicyclic) bond motifs is 1. The second kappa shape index (κ2) is 9.49. The summed E-state index contributed by atoms with van der Waals surface area (Å²) in [5.74, 6) is 0.362. The molecule has 180 valence electrons. The first kappa shape index (κ1) is 25.9. The van der Waals surface area contributed by atoms with E-state index in [0.717, 1.165) is 10.1 Å². The summed E-state index contributed by atoms with van der Waals surface area (Å²) in [4.78, 5) is 35.8. The number of rotatable bonds is 9. The lowest BCUT2D eigenvalue weighted by atomic mass is 10.00. The Hall–Kier alpha value is -0.730. The number of benzene rings is 1. The maximum Gasteiger partial charge on any atom is 0.490 e. The first-order valence-corrected chi connectivity index (χ1v) is 14.0. The van der Waals surface area contributed by atoms with E-state index in [1.165, 1.54) is 18.4 Å². The van der Waals surface area contributed by atoms with Gasteiger partial charge in [0.1, 0.15) is 30.2 Å². The van der Waals surface area contributed by atoms with E-state index in [1.807, 2.05) is 11.4 Å². The van der Waals surface area contributed by atoms with Crippen LogP contribution in [0.4, 0.5) is 0 Å². The van der Waals surface area contributed by atoms with Gasteiger partial charge in [0.15, 0.2) is 0 Å². The highest BCUT2D eigenvalue weighted by Gasteiger charge is 2.47. The van der Waals surface area contributed by atoms with Crippen LogP contribution in [0.15, 0.2) is 23.6 Å². The monoisotopic (exact) mass is 536 g/mol. The molecule has 6 atom stereocenters. The molecule has 0 bridgehead atoms. The predicted molar refractivity (Wildman–Crippen MR) is 108 cm³/mol. The highest BCUT2D eigenvalue weighted by molar-refractivity contribution is 7.66. The molecule has 0 radical (unpaired) electrons. The van der Waals surface area contributed by atoms with E-state index in [4.69, 9.17) is 24.2 Å². The molecule has 6 N–H and O–H groups in total. The third-order valence-electron chi connectivity index (χ3n) is 4.29. The Labute approximate surface area is 184 Å². The SMILES string of the molecule is COc1cc2ccsc2cc1[C@@H]1O[C@H](COP(=O)(O)OP(=O)(O)OP(=O)(O)O)C(O)C1O. The Morgan fingerprint density at radius 1 is 1.03 bits per heavy atom. The lowest BCUT2D eigenvalue weighted by molar-refractivity contribution is -0.0227. The highest BCUT2D eigenvalue weighted by Crippen LogP contribution is 2.66.